The minimum absolute atomic E-state index is 0.663. The van der Waals surface area contributed by atoms with Gasteiger partial charge in [0.2, 0.25) is 0 Å². The van der Waals surface area contributed by atoms with Gasteiger partial charge in [0, 0.05) is 34.4 Å². The second-order valence-corrected chi connectivity index (χ2v) is 5.17. The van der Waals surface area contributed by atoms with Crippen molar-refractivity contribution < 1.29 is 0 Å². The van der Waals surface area contributed by atoms with Gasteiger partial charge in [-0.2, -0.15) is 0 Å². The van der Waals surface area contributed by atoms with Crippen molar-refractivity contribution in [3.63, 3.8) is 0 Å². The molecule has 0 bridgehead atoms. The number of nitrogens with zero attached hydrogens (tertiary/aromatic N) is 1. The maximum absolute atomic E-state index is 2.61. The number of hydrogen-bond donors (Lipinski definition) is 0. The highest BCUT2D eigenvalue weighted by atomic mass is 127. The van der Waals surface area contributed by atoms with Gasteiger partial charge in [0.1, 0.15) is 0 Å². The Labute approximate surface area is 83.0 Å². The average Bonchev–Trinajstić information content (AvgIpc) is 2.77. The molecule has 1 saturated carbocycles. The van der Waals surface area contributed by atoms with Crippen LogP contribution in [0, 0.1) is 0 Å². The third-order valence-electron chi connectivity index (χ3n) is 3.18. The van der Waals surface area contributed by atoms with Crippen LogP contribution >= 0.6 is 22.9 Å². The lowest BCUT2D eigenvalue weighted by Gasteiger charge is -2.28. The van der Waals surface area contributed by atoms with Gasteiger partial charge < -0.3 is 0 Å². The van der Waals surface area contributed by atoms with E-state index in [2.05, 4.69) is 32.9 Å². The van der Waals surface area contributed by atoms with E-state index in [0.717, 1.165) is 6.04 Å². The molecular formula is C9H16IN. The van der Waals surface area contributed by atoms with Crippen molar-refractivity contribution in [2.45, 2.75) is 57.0 Å². The normalized spacial score (nSPS) is 37.1. The summed E-state index contributed by atoms with van der Waals surface area (Å²) in [6.07, 6.45) is 8.69. The lowest BCUT2D eigenvalue weighted by Crippen LogP contribution is -2.33. The van der Waals surface area contributed by atoms with E-state index in [1.807, 2.05) is 0 Å². The average molecular weight is 265 g/mol. The van der Waals surface area contributed by atoms with Gasteiger partial charge in [0.25, 0.3) is 0 Å². The maximum Gasteiger partial charge on any atom is 0.0309 e. The summed E-state index contributed by atoms with van der Waals surface area (Å²) in [5.74, 6) is 0. The van der Waals surface area contributed by atoms with Gasteiger partial charge >= 0.3 is 0 Å². The molecule has 0 radical (unpaired) electrons. The van der Waals surface area contributed by atoms with Crippen LogP contribution in [-0.2, 0) is 0 Å². The van der Waals surface area contributed by atoms with Crippen molar-refractivity contribution in [2.24, 2.45) is 0 Å². The zero-order valence-electron chi connectivity index (χ0n) is 7.15. The molecule has 2 heteroatoms. The molecule has 1 heterocycles. The summed E-state index contributed by atoms with van der Waals surface area (Å²) in [7, 11) is 0. The fourth-order valence-corrected chi connectivity index (χ4v) is 3.19. The van der Waals surface area contributed by atoms with Crippen LogP contribution in [0.15, 0.2) is 0 Å². The molecule has 0 aromatic carbocycles. The van der Waals surface area contributed by atoms with Gasteiger partial charge in [0.15, 0.2) is 0 Å². The number of hydrogen-bond acceptors (Lipinski definition) is 1. The van der Waals surface area contributed by atoms with Crippen LogP contribution in [0.1, 0.15) is 45.4 Å². The van der Waals surface area contributed by atoms with E-state index in [4.69, 9.17) is 0 Å². The predicted molar refractivity (Wildman–Crippen MR) is 55.8 cm³/mol. The minimum Gasteiger partial charge on any atom is -0.239 e. The fraction of sp³-hybridized carbons (Fsp3) is 1.00. The van der Waals surface area contributed by atoms with E-state index in [9.17, 15) is 0 Å². The topological polar surface area (TPSA) is 3.24 Å². The summed E-state index contributed by atoms with van der Waals surface area (Å²) in [6, 6.07) is 0.820. The van der Waals surface area contributed by atoms with E-state index in [-0.39, 0.29) is 0 Å². The molecule has 1 saturated heterocycles. The number of halogens is 1. The maximum atomic E-state index is 2.61. The molecule has 2 rings (SSSR count). The molecule has 1 spiro atoms. The number of rotatable bonds is 0. The zero-order valence-corrected chi connectivity index (χ0v) is 9.30. The molecule has 1 aliphatic heterocycles. The SMILES string of the molecule is C[C@@H]1CCCCC2(CC2)N1I. The van der Waals surface area contributed by atoms with Crippen LogP contribution in [0.4, 0.5) is 0 Å². The molecule has 11 heavy (non-hydrogen) atoms. The highest BCUT2D eigenvalue weighted by molar-refractivity contribution is 14.1. The van der Waals surface area contributed by atoms with Gasteiger partial charge in [0.05, 0.1) is 0 Å². The minimum atomic E-state index is 0.663. The Hall–Kier alpha value is 0.690. The van der Waals surface area contributed by atoms with Crippen molar-refractivity contribution in [1.82, 2.24) is 3.11 Å². The summed E-state index contributed by atoms with van der Waals surface area (Å²) in [6.45, 7) is 2.37. The van der Waals surface area contributed by atoms with Crippen molar-refractivity contribution in [3.8, 4) is 0 Å². The summed E-state index contributed by atoms with van der Waals surface area (Å²) >= 11 is 2.55. The van der Waals surface area contributed by atoms with Gasteiger partial charge in [-0.15, -0.1) is 0 Å². The molecule has 1 aliphatic carbocycles. The Balaban J connectivity index is 2.08. The Morgan fingerprint density at radius 1 is 1.27 bits per heavy atom. The fourth-order valence-electron chi connectivity index (χ4n) is 2.19. The highest BCUT2D eigenvalue weighted by Gasteiger charge is 2.48. The third-order valence-corrected chi connectivity index (χ3v) is 5.16. The summed E-state index contributed by atoms with van der Waals surface area (Å²) < 4.78 is 2.61. The first kappa shape index (κ1) is 8.30. The third kappa shape index (κ3) is 1.44. The Kier molecular flexibility index (Phi) is 2.17. The van der Waals surface area contributed by atoms with E-state index in [0.29, 0.717) is 5.54 Å². The molecule has 64 valence electrons. The molecule has 1 nitrogen and oxygen atoms in total. The largest absolute Gasteiger partial charge is 0.239 e. The van der Waals surface area contributed by atoms with E-state index >= 15 is 0 Å². The van der Waals surface area contributed by atoms with Crippen LogP contribution in [0.3, 0.4) is 0 Å². The molecule has 2 aliphatic rings. The van der Waals surface area contributed by atoms with Gasteiger partial charge in [-0.3, -0.25) is 0 Å². The summed E-state index contributed by atoms with van der Waals surface area (Å²) in [5.41, 5.74) is 0.663. The van der Waals surface area contributed by atoms with Crippen molar-refractivity contribution in [2.75, 3.05) is 0 Å². The van der Waals surface area contributed by atoms with Gasteiger partial charge in [-0.05, 0) is 32.6 Å². The zero-order chi connectivity index (χ0) is 7.90. The second-order valence-electron chi connectivity index (χ2n) is 4.13. The van der Waals surface area contributed by atoms with E-state index in [1.54, 1.807) is 0 Å². The van der Waals surface area contributed by atoms with Gasteiger partial charge in [-0.25, -0.2) is 3.11 Å². The molecule has 0 aromatic heterocycles. The smallest absolute Gasteiger partial charge is 0.0309 e. The van der Waals surface area contributed by atoms with Crippen LogP contribution in [0.5, 0.6) is 0 Å². The monoisotopic (exact) mass is 265 g/mol. The van der Waals surface area contributed by atoms with Gasteiger partial charge in [-0.1, -0.05) is 12.8 Å². The van der Waals surface area contributed by atoms with E-state index < -0.39 is 0 Å². The molecule has 1 atom stereocenters. The lowest BCUT2D eigenvalue weighted by atomic mass is 10.1. The predicted octanol–water partition coefficient (Wildman–Crippen LogP) is 3.13. The van der Waals surface area contributed by atoms with Crippen LogP contribution in [0.2, 0.25) is 0 Å². The van der Waals surface area contributed by atoms with Crippen molar-refractivity contribution >= 4 is 22.9 Å². The van der Waals surface area contributed by atoms with E-state index in [1.165, 1.54) is 38.5 Å². The first-order chi connectivity index (χ1) is 5.25. The molecule has 0 amide bonds. The Morgan fingerprint density at radius 3 is 2.64 bits per heavy atom. The summed E-state index contributed by atoms with van der Waals surface area (Å²) in [4.78, 5) is 0. The second kappa shape index (κ2) is 2.87. The molecular weight excluding hydrogens is 249 g/mol. The Bertz CT molecular complexity index is 154. The van der Waals surface area contributed by atoms with Crippen molar-refractivity contribution in [3.05, 3.63) is 0 Å². The standard InChI is InChI=1S/C9H16IN/c1-8-4-2-3-5-9(6-7-9)11(8)10/h8H,2-7H2,1H3/t8-/m1/s1. The molecule has 0 aromatic rings. The first-order valence-electron chi connectivity index (χ1n) is 4.70. The quantitative estimate of drug-likeness (QED) is 0.480. The highest BCUT2D eigenvalue weighted by Crippen LogP contribution is 2.50. The van der Waals surface area contributed by atoms with Crippen LogP contribution in [0.25, 0.3) is 0 Å². The summed E-state index contributed by atoms with van der Waals surface area (Å²) in [5, 5.41) is 0. The lowest BCUT2D eigenvalue weighted by molar-refractivity contribution is 0.298. The molecule has 0 unspecified atom stereocenters. The molecule has 0 N–H and O–H groups in total. The first-order valence-corrected chi connectivity index (χ1v) is 5.66. The Morgan fingerprint density at radius 2 is 2.00 bits per heavy atom. The molecule has 2 fully saturated rings. The van der Waals surface area contributed by atoms with Crippen molar-refractivity contribution in [1.29, 1.82) is 0 Å². The van der Waals surface area contributed by atoms with Crippen LogP contribution in [-0.4, -0.2) is 14.7 Å². The van der Waals surface area contributed by atoms with Crippen LogP contribution < -0.4 is 0 Å².